The van der Waals surface area contributed by atoms with E-state index < -0.39 is 5.97 Å². The van der Waals surface area contributed by atoms with Crippen LogP contribution in [0.15, 0.2) is 60.0 Å². The Morgan fingerprint density at radius 3 is 2.53 bits per heavy atom. The zero-order chi connectivity index (χ0) is 26.6. The molecule has 194 valence electrons. The number of rotatable bonds is 6. The molecule has 0 bridgehead atoms. The summed E-state index contributed by atoms with van der Waals surface area (Å²) in [5.74, 6) is -0.163. The second kappa shape index (κ2) is 11.0. The van der Waals surface area contributed by atoms with E-state index in [1.54, 1.807) is 42.8 Å². The minimum absolute atomic E-state index is 0.124. The van der Waals surface area contributed by atoms with Crippen molar-refractivity contribution in [2.45, 2.75) is 18.8 Å². The molecule has 1 aliphatic rings. The lowest BCUT2D eigenvalue weighted by molar-refractivity contribution is 0.0600. The van der Waals surface area contributed by atoms with Crippen molar-refractivity contribution in [1.29, 1.82) is 0 Å². The molecule has 0 radical (unpaired) electrons. The quantitative estimate of drug-likeness (QED) is 0.358. The third kappa shape index (κ3) is 5.21. The molecule has 0 aliphatic carbocycles. The van der Waals surface area contributed by atoms with Crippen LogP contribution in [0.1, 0.15) is 55.1 Å². The fraction of sp³-hybridized carbons (Fsp3) is 0.250. The van der Waals surface area contributed by atoms with E-state index in [-0.39, 0.29) is 17.7 Å². The van der Waals surface area contributed by atoms with Crippen molar-refractivity contribution in [3.8, 4) is 5.75 Å². The van der Waals surface area contributed by atoms with E-state index in [1.165, 1.54) is 18.4 Å². The highest BCUT2D eigenvalue weighted by atomic mass is 32.1. The summed E-state index contributed by atoms with van der Waals surface area (Å²) >= 11 is 1.44. The van der Waals surface area contributed by atoms with E-state index in [9.17, 15) is 14.4 Å². The number of carbonyl (C=O) groups excluding carboxylic acids is 3. The zero-order valence-corrected chi connectivity index (χ0v) is 21.8. The second-order valence-corrected chi connectivity index (χ2v) is 9.78. The summed E-state index contributed by atoms with van der Waals surface area (Å²) in [7, 11) is 2.89. The molecule has 0 unspecified atom stereocenters. The van der Waals surface area contributed by atoms with Gasteiger partial charge in [-0.2, -0.15) is 0 Å². The van der Waals surface area contributed by atoms with Gasteiger partial charge in [-0.1, -0.05) is 18.2 Å². The SMILES string of the molecule is COC(=O)c1cccc(NC(=O)c2csc(C3CCN(C(=O)c4cc(OC)c5ccccc5n4)CC3)n2)c1. The number of carbonyl (C=O) groups is 3. The number of piperidine rings is 1. The number of anilines is 1. The van der Waals surface area contributed by atoms with Gasteiger partial charge in [-0.3, -0.25) is 9.59 Å². The number of thiazole rings is 1. The number of hydrogen-bond donors (Lipinski definition) is 1. The number of benzene rings is 2. The van der Waals surface area contributed by atoms with Gasteiger partial charge in [0.05, 0.1) is 30.3 Å². The van der Waals surface area contributed by atoms with E-state index >= 15 is 0 Å². The molecule has 5 rings (SSSR count). The summed E-state index contributed by atoms with van der Waals surface area (Å²) in [5, 5.41) is 6.25. The average molecular weight is 531 g/mol. The predicted molar refractivity (Wildman–Crippen MR) is 144 cm³/mol. The molecule has 10 heteroatoms. The Kier molecular flexibility index (Phi) is 7.32. The Balaban J connectivity index is 1.22. The van der Waals surface area contributed by atoms with Crippen molar-refractivity contribution in [2.24, 2.45) is 0 Å². The van der Waals surface area contributed by atoms with Gasteiger partial charge < -0.3 is 19.7 Å². The van der Waals surface area contributed by atoms with Gasteiger partial charge >= 0.3 is 5.97 Å². The van der Waals surface area contributed by atoms with Crippen LogP contribution in [0.4, 0.5) is 5.69 Å². The molecular formula is C28H26N4O5S. The molecule has 1 N–H and O–H groups in total. The molecule has 38 heavy (non-hydrogen) atoms. The molecule has 2 aromatic carbocycles. The lowest BCUT2D eigenvalue weighted by atomic mass is 9.97. The van der Waals surface area contributed by atoms with Crippen LogP contribution in [-0.2, 0) is 4.74 Å². The van der Waals surface area contributed by atoms with Crippen LogP contribution in [0, 0.1) is 0 Å². The zero-order valence-electron chi connectivity index (χ0n) is 21.0. The van der Waals surface area contributed by atoms with E-state index in [0.717, 1.165) is 28.8 Å². The predicted octanol–water partition coefficient (Wildman–Crippen LogP) is 4.76. The Hall–Kier alpha value is -4.31. The number of hydrogen-bond acceptors (Lipinski definition) is 8. The highest BCUT2D eigenvalue weighted by Crippen LogP contribution is 2.32. The molecular weight excluding hydrogens is 504 g/mol. The average Bonchev–Trinajstić information content (AvgIpc) is 3.46. The molecule has 1 fully saturated rings. The fourth-order valence-corrected chi connectivity index (χ4v) is 5.50. The van der Waals surface area contributed by atoms with Gasteiger partial charge in [0, 0.05) is 41.5 Å². The maximum atomic E-state index is 13.2. The normalized spacial score (nSPS) is 13.8. The number of ether oxygens (including phenoxy) is 2. The van der Waals surface area contributed by atoms with Crippen LogP contribution >= 0.6 is 11.3 Å². The molecule has 0 spiro atoms. The van der Waals surface area contributed by atoms with E-state index in [0.29, 0.717) is 41.5 Å². The van der Waals surface area contributed by atoms with Crippen molar-refractivity contribution in [3.05, 3.63) is 81.9 Å². The molecule has 9 nitrogen and oxygen atoms in total. The third-order valence-corrected chi connectivity index (χ3v) is 7.55. The van der Waals surface area contributed by atoms with Crippen molar-refractivity contribution in [3.63, 3.8) is 0 Å². The molecule has 2 amide bonds. The highest BCUT2D eigenvalue weighted by molar-refractivity contribution is 7.10. The fourth-order valence-electron chi connectivity index (χ4n) is 4.53. The first-order valence-electron chi connectivity index (χ1n) is 12.1. The molecule has 2 aromatic heterocycles. The molecule has 3 heterocycles. The van der Waals surface area contributed by atoms with Gasteiger partial charge in [0.25, 0.3) is 11.8 Å². The Morgan fingerprint density at radius 1 is 0.974 bits per heavy atom. The van der Waals surface area contributed by atoms with Crippen molar-refractivity contribution < 1.29 is 23.9 Å². The van der Waals surface area contributed by atoms with Crippen LogP contribution < -0.4 is 10.1 Å². The number of para-hydroxylation sites is 1. The van der Waals surface area contributed by atoms with Gasteiger partial charge in [-0.05, 0) is 43.2 Å². The topological polar surface area (TPSA) is 111 Å². The van der Waals surface area contributed by atoms with Crippen molar-refractivity contribution >= 4 is 45.7 Å². The lowest BCUT2D eigenvalue weighted by Crippen LogP contribution is -2.38. The number of aromatic nitrogens is 2. The smallest absolute Gasteiger partial charge is 0.337 e. The Labute approximate surface area is 223 Å². The summed E-state index contributed by atoms with van der Waals surface area (Å²) in [6.45, 7) is 1.14. The maximum absolute atomic E-state index is 13.2. The standard InChI is InChI=1S/C28H26N4O5S/c1-36-24-15-22(30-21-9-4-3-8-20(21)24)27(34)32-12-10-17(11-13-32)26-31-23(16-38-26)25(33)29-19-7-5-6-18(14-19)28(35)37-2/h3-9,14-17H,10-13H2,1-2H3,(H,29,33). The largest absolute Gasteiger partial charge is 0.496 e. The number of nitrogens with zero attached hydrogens (tertiary/aromatic N) is 3. The number of likely N-dealkylation sites (tertiary alicyclic amines) is 1. The summed E-state index contributed by atoms with van der Waals surface area (Å²) in [4.78, 5) is 48.7. The molecule has 1 saturated heterocycles. The highest BCUT2D eigenvalue weighted by Gasteiger charge is 2.28. The molecule has 0 atom stereocenters. The number of esters is 1. The van der Waals surface area contributed by atoms with Crippen LogP contribution in [0.5, 0.6) is 5.75 Å². The summed E-state index contributed by atoms with van der Waals surface area (Å²) in [6.07, 6.45) is 1.48. The number of methoxy groups -OCH3 is 2. The summed E-state index contributed by atoms with van der Waals surface area (Å²) < 4.78 is 10.2. The van der Waals surface area contributed by atoms with Crippen LogP contribution in [0.25, 0.3) is 10.9 Å². The monoisotopic (exact) mass is 530 g/mol. The number of amides is 2. The minimum Gasteiger partial charge on any atom is -0.496 e. The number of pyridine rings is 1. The molecule has 1 aliphatic heterocycles. The van der Waals surface area contributed by atoms with E-state index in [2.05, 4.69) is 15.3 Å². The van der Waals surface area contributed by atoms with E-state index in [1.807, 2.05) is 29.2 Å². The van der Waals surface area contributed by atoms with Gasteiger partial charge in [-0.25, -0.2) is 14.8 Å². The Morgan fingerprint density at radius 2 is 1.76 bits per heavy atom. The Bertz CT molecular complexity index is 1510. The van der Waals surface area contributed by atoms with Gasteiger partial charge in [0.2, 0.25) is 0 Å². The number of nitrogens with one attached hydrogen (secondary N) is 1. The lowest BCUT2D eigenvalue weighted by Gasteiger charge is -2.31. The van der Waals surface area contributed by atoms with Crippen LogP contribution in [-0.4, -0.2) is 60.0 Å². The first kappa shape index (κ1) is 25.3. The second-order valence-electron chi connectivity index (χ2n) is 8.89. The number of fused-ring (bicyclic) bond motifs is 1. The molecule has 0 saturated carbocycles. The van der Waals surface area contributed by atoms with Crippen LogP contribution in [0.3, 0.4) is 0 Å². The van der Waals surface area contributed by atoms with Gasteiger partial charge in [0.1, 0.15) is 17.1 Å². The summed E-state index contributed by atoms with van der Waals surface area (Å²) in [5.41, 5.74) is 2.24. The first-order valence-corrected chi connectivity index (χ1v) is 13.0. The molecule has 4 aromatic rings. The van der Waals surface area contributed by atoms with Crippen LogP contribution in [0.2, 0.25) is 0 Å². The minimum atomic E-state index is -0.475. The van der Waals surface area contributed by atoms with Crippen molar-refractivity contribution in [2.75, 3.05) is 32.6 Å². The van der Waals surface area contributed by atoms with Crippen molar-refractivity contribution in [1.82, 2.24) is 14.9 Å². The first-order chi connectivity index (χ1) is 18.5. The van der Waals surface area contributed by atoms with E-state index in [4.69, 9.17) is 9.47 Å². The third-order valence-electron chi connectivity index (χ3n) is 6.54. The van der Waals surface area contributed by atoms with Gasteiger partial charge in [0.15, 0.2) is 0 Å². The maximum Gasteiger partial charge on any atom is 0.337 e. The van der Waals surface area contributed by atoms with Gasteiger partial charge in [-0.15, -0.1) is 11.3 Å². The summed E-state index contributed by atoms with van der Waals surface area (Å²) in [6, 6.07) is 15.8.